The van der Waals surface area contributed by atoms with Crippen LogP contribution in [0.3, 0.4) is 0 Å². The molecule has 121 valence electrons. The number of methoxy groups -OCH3 is 1. The Balaban J connectivity index is 2.69. The second kappa shape index (κ2) is 8.23. The van der Waals surface area contributed by atoms with Crippen molar-refractivity contribution in [3.63, 3.8) is 0 Å². The average Bonchev–Trinajstić information content (AvgIpc) is 2.46. The van der Waals surface area contributed by atoms with Crippen LogP contribution in [0.25, 0.3) is 0 Å². The number of nitrogens with one attached hydrogen (secondary N) is 1. The number of nitrogens with zero attached hydrogens (tertiary/aromatic N) is 1. The molecule has 1 aromatic carbocycles. The highest BCUT2D eigenvalue weighted by atomic mass is 16.6. The molecule has 0 aromatic heterocycles. The van der Waals surface area contributed by atoms with Crippen LogP contribution in [0.4, 0.5) is 4.79 Å². The Bertz CT molecular complexity index is 518. The highest BCUT2D eigenvalue weighted by Crippen LogP contribution is 2.26. The minimum absolute atomic E-state index is 0.117. The molecule has 7 nitrogen and oxygen atoms in total. The molecule has 0 saturated heterocycles. The average molecular weight is 309 g/mol. The molecule has 7 heteroatoms. The number of benzene rings is 1. The lowest BCUT2D eigenvalue weighted by atomic mass is 10.2. The van der Waals surface area contributed by atoms with Gasteiger partial charge in [0.15, 0.2) is 17.6 Å². The van der Waals surface area contributed by atoms with E-state index in [0.29, 0.717) is 5.75 Å². The predicted octanol–water partition coefficient (Wildman–Crippen LogP) is 1.32. The largest absolute Gasteiger partial charge is 0.493 e. The molecular formula is C15H21N2O5. The van der Waals surface area contributed by atoms with Gasteiger partial charge in [-0.05, 0) is 18.1 Å². The molecule has 0 aliphatic heterocycles. The molecule has 22 heavy (non-hydrogen) atoms. The van der Waals surface area contributed by atoms with Gasteiger partial charge in [-0.15, -0.1) is 0 Å². The third-order valence-electron chi connectivity index (χ3n) is 2.82. The van der Waals surface area contributed by atoms with E-state index in [4.69, 9.17) is 15.2 Å². The minimum Gasteiger partial charge on any atom is -0.493 e. The number of urea groups is 1. The zero-order valence-corrected chi connectivity index (χ0v) is 12.9. The molecule has 1 aromatic rings. The van der Waals surface area contributed by atoms with Crippen LogP contribution in [0.1, 0.15) is 13.8 Å². The zero-order valence-electron chi connectivity index (χ0n) is 12.9. The topological polar surface area (TPSA) is 99.9 Å². The summed E-state index contributed by atoms with van der Waals surface area (Å²) in [4.78, 5) is 24.2. The van der Waals surface area contributed by atoms with Gasteiger partial charge < -0.3 is 19.5 Å². The van der Waals surface area contributed by atoms with E-state index in [0.717, 1.165) is 4.90 Å². The first-order valence-electron chi connectivity index (χ1n) is 6.88. The fourth-order valence-corrected chi connectivity index (χ4v) is 1.84. The van der Waals surface area contributed by atoms with E-state index in [2.05, 4.69) is 0 Å². The van der Waals surface area contributed by atoms with Gasteiger partial charge >= 0.3 is 12.0 Å². The number of esters is 1. The molecule has 1 unspecified atom stereocenters. The summed E-state index contributed by atoms with van der Waals surface area (Å²) in [7, 11) is 1.44. The Hall–Kier alpha value is -2.28. The maximum atomic E-state index is 11.9. The molecule has 0 aliphatic rings. The summed E-state index contributed by atoms with van der Waals surface area (Å²) in [5.41, 5.74) is 7.15. The quantitative estimate of drug-likeness (QED) is 0.605. The van der Waals surface area contributed by atoms with E-state index < -0.39 is 18.1 Å². The van der Waals surface area contributed by atoms with Gasteiger partial charge in [0, 0.05) is 6.54 Å². The van der Waals surface area contributed by atoms with Crippen molar-refractivity contribution in [2.75, 3.05) is 20.2 Å². The first kappa shape index (κ1) is 17.8. The molecule has 0 heterocycles. The van der Waals surface area contributed by atoms with Crippen LogP contribution < -0.4 is 15.2 Å². The predicted molar refractivity (Wildman–Crippen MR) is 79.5 cm³/mol. The number of aliphatic hydroxyl groups excluding tert-OH is 1. The highest BCUT2D eigenvalue weighted by molar-refractivity contribution is 5.79. The van der Waals surface area contributed by atoms with E-state index in [1.165, 1.54) is 13.2 Å². The first-order valence-corrected chi connectivity index (χ1v) is 6.88. The van der Waals surface area contributed by atoms with E-state index >= 15 is 0 Å². The second-order valence-corrected chi connectivity index (χ2v) is 5.19. The standard InChI is InChI=1S/C15H21N2O5/c1-10(2)8-17(15(16)20)9-11(18)14(19)22-13-7-5-4-6-12(13)21-3/h4-7,10-11,16,18H,8-9H2,1-3H3. The smallest absolute Gasteiger partial charge is 0.342 e. The van der Waals surface area contributed by atoms with Crippen molar-refractivity contribution in [2.24, 2.45) is 5.92 Å². The number of hydrogen-bond acceptors (Lipinski definition) is 5. The summed E-state index contributed by atoms with van der Waals surface area (Å²) >= 11 is 0. The van der Waals surface area contributed by atoms with Gasteiger partial charge in [0.1, 0.15) is 0 Å². The van der Waals surface area contributed by atoms with Crippen molar-refractivity contribution in [2.45, 2.75) is 20.0 Å². The van der Waals surface area contributed by atoms with Gasteiger partial charge in [-0.1, -0.05) is 26.0 Å². The molecular weight excluding hydrogens is 288 g/mol. The summed E-state index contributed by atoms with van der Waals surface area (Å²) in [5, 5.41) is 9.88. The van der Waals surface area contributed by atoms with Crippen molar-refractivity contribution in [3.05, 3.63) is 24.3 Å². The van der Waals surface area contributed by atoms with Crippen molar-refractivity contribution in [1.82, 2.24) is 10.6 Å². The molecule has 0 saturated carbocycles. The van der Waals surface area contributed by atoms with E-state index in [-0.39, 0.29) is 24.8 Å². The van der Waals surface area contributed by atoms with Crippen LogP contribution in [-0.4, -0.2) is 48.3 Å². The molecule has 1 rings (SSSR count). The summed E-state index contributed by atoms with van der Waals surface area (Å²) in [6.07, 6.45) is -1.53. The number of amides is 2. The highest BCUT2D eigenvalue weighted by Gasteiger charge is 2.24. The molecule has 2 amide bonds. The van der Waals surface area contributed by atoms with Crippen molar-refractivity contribution >= 4 is 12.0 Å². The maximum Gasteiger partial charge on any atom is 0.342 e. The monoisotopic (exact) mass is 309 g/mol. The van der Waals surface area contributed by atoms with E-state index in [9.17, 15) is 14.7 Å². The Kier molecular flexibility index (Phi) is 6.65. The number of para-hydroxylation sites is 2. The van der Waals surface area contributed by atoms with Crippen LogP contribution in [0.2, 0.25) is 0 Å². The van der Waals surface area contributed by atoms with Crippen LogP contribution in [0, 0.1) is 5.92 Å². The van der Waals surface area contributed by atoms with E-state index in [1.54, 1.807) is 18.2 Å². The molecule has 1 radical (unpaired) electrons. The Morgan fingerprint density at radius 2 is 1.82 bits per heavy atom. The van der Waals surface area contributed by atoms with Crippen molar-refractivity contribution in [1.29, 1.82) is 0 Å². The normalized spacial score (nSPS) is 11.9. The van der Waals surface area contributed by atoms with Gasteiger partial charge in [-0.3, -0.25) is 0 Å². The molecule has 1 atom stereocenters. The van der Waals surface area contributed by atoms with E-state index in [1.807, 2.05) is 13.8 Å². The lowest BCUT2D eigenvalue weighted by Gasteiger charge is -2.23. The zero-order chi connectivity index (χ0) is 16.7. The molecule has 0 fully saturated rings. The van der Waals surface area contributed by atoms with Gasteiger partial charge in [-0.2, -0.15) is 0 Å². The summed E-state index contributed by atoms with van der Waals surface area (Å²) in [5.74, 6) is -0.244. The van der Waals surface area contributed by atoms with Crippen molar-refractivity contribution in [3.8, 4) is 11.5 Å². The Labute approximate surface area is 129 Å². The SMILES string of the molecule is COc1ccccc1OC(=O)C(O)CN(CC(C)C)C([NH])=O. The second-order valence-electron chi connectivity index (χ2n) is 5.19. The van der Waals surface area contributed by atoms with Gasteiger partial charge in [0.2, 0.25) is 0 Å². The minimum atomic E-state index is -1.53. The first-order chi connectivity index (χ1) is 10.3. The molecule has 0 spiro atoms. The molecule has 2 N–H and O–H groups in total. The number of carbonyl (C=O) groups excluding carboxylic acids is 2. The van der Waals surface area contributed by atoms with Crippen molar-refractivity contribution < 1.29 is 24.2 Å². The van der Waals surface area contributed by atoms with Crippen LogP contribution in [0.15, 0.2) is 24.3 Å². The maximum absolute atomic E-state index is 11.9. The lowest BCUT2D eigenvalue weighted by Crippen LogP contribution is -2.43. The molecule has 0 bridgehead atoms. The summed E-state index contributed by atoms with van der Waals surface area (Å²) < 4.78 is 10.1. The summed E-state index contributed by atoms with van der Waals surface area (Å²) in [6, 6.07) is 5.59. The lowest BCUT2D eigenvalue weighted by molar-refractivity contribution is -0.144. The molecule has 0 aliphatic carbocycles. The van der Waals surface area contributed by atoms with Crippen LogP contribution >= 0.6 is 0 Å². The van der Waals surface area contributed by atoms with Crippen LogP contribution in [0.5, 0.6) is 11.5 Å². The fraction of sp³-hybridized carbons (Fsp3) is 0.467. The summed E-state index contributed by atoms with van der Waals surface area (Å²) in [6.45, 7) is 3.74. The van der Waals surface area contributed by atoms with Gasteiger partial charge in [0.25, 0.3) is 0 Å². The number of ether oxygens (including phenoxy) is 2. The Morgan fingerprint density at radius 3 is 2.32 bits per heavy atom. The number of rotatable bonds is 7. The van der Waals surface area contributed by atoms with Gasteiger partial charge in [-0.25, -0.2) is 15.3 Å². The fourth-order valence-electron chi connectivity index (χ4n) is 1.84. The third-order valence-corrected chi connectivity index (χ3v) is 2.82. The Morgan fingerprint density at radius 1 is 1.23 bits per heavy atom. The number of carbonyl (C=O) groups is 2. The van der Waals surface area contributed by atoms with Crippen LogP contribution in [-0.2, 0) is 4.79 Å². The third kappa shape index (κ3) is 5.25. The number of hydrogen-bond donors (Lipinski definition) is 1. The van der Waals surface area contributed by atoms with Gasteiger partial charge in [0.05, 0.1) is 13.7 Å². The number of aliphatic hydroxyl groups is 1.